The third-order valence-electron chi connectivity index (χ3n) is 5.26. The van der Waals surface area contributed by atoms with Crippen LogP contribution in [-0.2, 0) is 17.7 Å². The standard InChI is InChI=1S/C25H29N5O3/c1-25(2,3)33-24(32)27-20-12-8-10-18(16-20)23(31)26-19-11-7-9-17(15-19)22-29-28-21-13-5-4-6-14-30(21)22/h7-12,15-16H,4-6,13-14H2,1-3H3,(H,26,31)(H,27,32). The van der Waals surface area contributed by atoms with E-state index in [1.165, 1.54) is 6.42 Å². The number of nitrogens with zero attached hydrogens (tertiary/aromatic N) is 3. The number of carbonyl (C=O) groups is 2. The molecule has 4 rings (SSSR count). The highest BCUT2D eigenvalue weighted by Crippen LogP contribution is 2.25. The molecule has 3 aromatic rings. The molecule has 2 amide bonds. The third kappa shape index (κ3) is 5.77. The normalized spacial score (nSPS) is 13.5. The van der Waals surface area contributed by atoms with Crippen LogP contribution in [0.15, 0.2) is 48.5 Å². The van der Waals surface area contributed by atoms with Crippen molar-refractivity contribution in [2.24, 2.45) is 0 Å². The average Bonchev–Trinajstić information content (AvgIpc) is 3.01. The topological polar surface area (TPSA) is 98.1 Å². The first kappa shape index (κ1) is 22.5. The number of rotatable bonds is 4. The molecular weight excluding hydrogens is 418 g/mol. The molecule has 1 aliphatic heterocycles. The predicted molar refractivity (Wildman–Crippen MR) is 127 cm³/mol. The van der Waals surface area contributed by atoms with E-state index < -0.39 is 11.7 Å². The van der Waals surface area contributed by atoms with Crippen LogP contribution in [0.3, 0.4) is 0 Å². The number of carbonyl (C=O) groups excluding carboxylic acids is 2. The molecule has 0 unspecified atom stereocenters. The largest absolute Gasteiger partial charge is 0.444 e. The van der Waals surface area contributed by atoms with Crippen LogP contribution < -0.4 is 10.6 Å². The fourth-order valence-electron chi connectivity index (χ4n) is 3.80. The van der Waals surface area contributed by atoms with E-state index in [0.29, 0.717) is 16.9 Å². The van der Waals surface area contributed by atoms with Crippen molar-refractivity contribution in [2.75, 3.05) is 10.6 Å². The first-order chi connectivity index (χ1) is 15.8. The van der Waals surface area contributed by atoms with Crippen LogP contribution in [0.5, 0.6) is 0 Å². The maximum absolute atomic E-state index is 12.9. The first-order valence-corrected chi connectivity index (χ1v) is 11.2. The van der Waals surface area contributed by atoms with Crippen LogP contribution in [0.2, 0.25) is 0 Å². The lowest BCUT2D eigenvalue weighted by atomic mass is 10.1. The third-order valence-corrected chi connectivity index (χ3v) is 5.26. The second kappa shape index (κ2) is 9.44. The number of anilines is 2. The zero-order valence-electron chi connectivity index (χ0n) is 19.2. The molecule has 33 heavy (non-hydrogen) atoms. The monoisotopic (exact) mass is 447 g/mol. The molecule has 172 valence electrons. The number of fused-ring (bicyclic) bond motifs is 1. The summed E-state index contributed by atoms with van der Waals surface area (Å²) < 4.78 is 7.45. The van der Waals surface area contributed by atoms with Crippen molar-refractivity contribution >= 4 is 23.4 Å². The van der Waals surface area contributed by atoms with E-state index in [0.717, 1.165) is 43.0 Å². The summed E-state index contributed by atoms with van der Waals surface area (Å²) in [6.07, 6.45) is 3.82. The van der Waals surface area contributed by atoms with Gasteiger partial charge in [0.25, 0.3) is 5.91 Å². The minimum atomic E-state index is -0.604. The van der Waals surface area contributed by atoms with Crippen molar-refractivity contribution in [3.05, 3.63) is 59.9 Å². The van der Waals surface area contributed by atoms with Gasteiger partial charge in [0.15, 0.2) is 5.82 Å². The van der Waals surface area contributed by atoms with Crippen LogP contribution in [0.4, 0.5) is 16.2 Å². The van der Waals surface area contributed by atoms with Crippen LogP contribution in [0.1, 0.15) is 56.2 Å². The molecule has 2 N–H and O–H groups in total. The minimum Gasteiger partial charge on any atom is -0.444 e. The molecule has 2 aromatic carbocycles. The fourth-order valence-corrected chi connectivity index (χ4v) is 3.80. The Hall–Kier alpha value is -3.68. The fraction of sp³-hybridized carbons (Fsp3) is 0.360. The number of ether oxygens (including phenoxy) is 1. The van der Waals surface area contributed by atoms with Gasteiger partial charge in [0.1, 0.15) is 11.4 Å². The van der Waals surface area contributed by atoms with Gasteiger partial charge in [0.05, 0.1) is 0 Å². The van der Waals surface area contributed by atoms with Gasteiger partial charge in [-0.3, -0.25) is 10.1 Å². The molecule has 0 fully saturated rings. The van der Waals surface area contributed by atoms with Gasteiger partial charge in [-0.1, -0.05) is 24.6 Å². The number of amides is 2. The van der Waals surface area contributed by atoms with Crippen molar-refractivity contribution in [3.8, 4) is 11.4 Å². The molecule has 1 aliphatic rings. The zero-order chi connectivity index (χ0) is 23.4. The van der Waals surface area contributed by atoms with E-state index in [2.05, 4.69) is 25.4 Å². The molecule has 0 saturated heterocycles. The quantitative estimate of drug-likeness (QED) is 0.568. The van der Waals surface area contributed by atoms with Crippen LogP contribution >= 0.6 is 0 Å². The lowest BCUT2D eigenvalue weighted by Gasteiger charge is -2.19. The maximum atomic E-state index is 12.9. The second-order valence-electron chi connectivity index (χ2n) is 9.14. The summed E-state index contributed by atoms with van der Waals surface area (Å²) in [6, 6.07) is 14.3. The number of hydrogen-bond donors (Lipinski definition) is 2. The molecule has 8 heteroatoms. The Morgan fingerprint density at radius 1 is 0.939 bits per heavy atom. The smallest absolute Gasteiger partial charge is 0.412 e. The molecule has 0 radical (unpaired) electrons. The molecule has 2 heterocycles. The van der Waals surface area contributed by atoms with Crippen molar-refractivity contribution in [1.82, 2.24) is 14.8 Å². The summed E-state index contributed by atoms with van der Waals surface area (Å²) in [7, 11) is 0. The van der Waals surface area contributed by atoms with Gasteiger partial charge in [-0.25, -0.2) is 4.79 Å². The molecule has 0 bridgehead atoms. The summed E-state index contributed by atoms with van der Waals surface area (Å²) in [5.74, 6) is 1.57. The number of aromatic nitrogens is 3. The lowest BCUT2D eigenvalue weighted by molar-refractivity contribution is 0.0635. The van der Waals surface area contributed by atoms with E-state index in [9.17, 15) is 9.59 Å². The Bertz CT molecular complexity index is 1160. The molecule has 0 spiro atoms. The number of benzene rings is 2. The minimum absolute atomic E-state index is 0.278. The second-order valence-corrected chi connectivity index (χ2v) is 9.14. The van der Waals surface area contributed by atoms with Gasteiger partial charge in [-0.2, -0.15) is 0 Å². The summed E-state index contributed by atoms with van der Waals surface area (Å²) in [5.41, 5.74) is 1.87. The van der Waals surface area contributed by atoms with Crippen LogP contribution in [0.25, 0.3) is 11.4 Å². The van der Waals surface area contributed by atoms with Gasteiger partial charge in [0, 0.05) is 35.5 Å². The van der Waals surface area contributed by atoms with E-state index >= 15 is 0 Å². The number of aryl methyl sites for hydroxylation is 1. The Morgan fingerprint density at radius 2 is 1.70 bits per heavy atom. The Labute approximate surface area is 193 Å². The Kier molecular flexibility index (Phi) is 6.44. The van der Waals surface area contributed by atoms with Crippen LogP contribution in [-0.4, -0.2) is 32.4 Å². The van der Waals surface area contributed by atoms with E-state index in [1.54, 1.807) is 45.0 Å². The summed E-state index contributed by atoms with van der Waals surface area (Å²) in [5, 5.41) is 14.4. The Balaban J connectivity index is 1.48. The van der Waals surface area contributed by atoms with Gasteiger partial charge in [-0.15, -0.1) is 10.2 Å². The average molecular weight is 448 g/mol. The first-order valence-electron chi connectivity index (χ1n) is 11.2. The molecule has 1 aromatic heterocycles. The van der Waals surface area contributed by atoms with E-state index in [1.807, 2.05) is 24.3 Å². The van der Waals surface area contributed by atoms with Crippen molar-refractivity contribution in [1.29, 1.82) is 0 Å². The molecular formula is C25H29N5O3. The summed E-state index contributed by atoms with van der Waals surface area (Å²) in [4.78, 5) is 24.9. The summed E-state index contributed by atoms with van der Waals surface area (Å²) in [6.45, 7) is 6.29. The lowest BCUT2D eigenvalue weighted by Crippen LogP contribution is -2.27. The van der Waals surface area contributed by atoms with Crippen molar-refractivity contribution in [3.63, 3.8) is 0 Å². The molecule has 0 saturated carbocycles. The number of nitrogens with one attached hydrogen (secondary N) is 2. The summed E-state index contributed by atoms with van der Waals surface area (Å²) >= 11 is 0. The molecule has 8 nitrogen and oxygen atoms in total. The van der Waals surface area contributed by atoms with E-state index in [4.69, 9.17) is 4.74 Å². The number of hydrogen-bond acceptors (Lipinski definition) is 5. The van der Waals surface area contributed by atoms with Gasteiger partial charge < -0.3 is 14.6 Å². The highest BCUT2D eigenvalue weighted by atomic mass is 16.6. The van der Waals surface area contributed by atoms with Crippen molar-refractivity contribution < 1.29 is 14.3 Å². The highest BCUT2D eigenvalue weighted by Gasteiger charge is 2.18. The molecule has 0 atom stereocenters. The van der Waals surface area contributed by atoms with Gasteiger partial charge in [-0.05, 0) is 63.9 Å². The van der Waals surface area contributed by atoms with Gasteiger partial charge >= 0.3 is 6.09 Å². The Morgan fingerprint density at radius 3 is 2.48 bits per heavy atom. The molecule has 0 aliphatic carbocycles. The maximum Gasteiger partial charge on any atom is 0.412 e. The van der Waals surface area contributed by atoms with Crippen LogP contribution in [0, 0.1) is 0 Å². The predicted octanol–water partition coefficient (Wildman–Crippen LogP) is 5.27. The van der Waals surface area contributed by atoms with Gasteiger partial charge in [0.2, 0.25) is 0 Å². The highest BCUT2D eigenvalue weighted by molar-refractivity contribution is 6.05. The van der Waals surface area contributed by atoms with Crippen molar-refractivity contribution in [2.45, 2.75) is 58.6 Å². The van der Waals surface area contributed by atoms with E-state index in [-0.39, 0.29) is 5.91 Å². The SMILES string of the molecule is CC(C)(C)OC(=O)Nc1cccc(C(=O)Nc2cccc(-c3nnc4n3CCCCC4)c2)c1. The zero-order valence-corrected chi connectivity index (χ0v) is 19.2.